The van der Waals surface area contributed by atoms with Crippen molar-refractivity contribution in [2.45, 2.75) is 57.0 Å². The number of amides is 2. The van der Waals surface area contributed by atoms with Gasteiger partial charge in [-0.3, -0.25) is 9.59 Å². The SMILES string of the molecule is CC(=O)NC1(C(=O)NCC(Cc2ccccc2)N(C)C)CCCCC1. The van der Waals surface area contributed by atoms with Gasteiger partial charge in [-0.2, -0.15) is 0 Å². The van der Waals surface area contributed by atoms with Crippen LogP contribution in [-0.2, 0) is 16.0 Å². The first kappa shape index (κ1) is 19.4. The molecule has 1 unspecified atom stereocenters. The highest BCUT2D eigenvalue weighted by atomic mass is 16.2. The second-order valence-electron chi connectivity index (χ2n) is 7.34. The van der Waals surface area contributed by atoms with Crippen molar-refractivity contribution >= 4 is 11.8 Å². The summed E-state index contributed by atoms with van der Waals surface area (Å²) in [6.45, 7) is 2.06. The Balaban J connectivity index is 2.00. The third-order valence-corrected chi connectivity index (χ3v) is 5.10. The number of rotatable bonds is 7. The molecule has 0 heterocycles. The predicted molar refractivity (Wildman–Crippen MR) is 100 cm³/mol. The molecule has 5 heteroatoms. The Kier molecular flexibility index (Phi) is 7.00. The van der Waals surface area contributed by atoms with E-state index in [-0.39, 0.29) is 17.9 Å². The molecule has 2 rings (SSSR count). The molecule has 1 aromatic rings. The lowest BCUT2D eigenvalue weighted by Crippen LogP contribution is -2.60. The van der Waals surface area contributed by atoms with Gasteiger partial charge in [-0.15, -0.1) is 0 Å². The van der Waals surface area contributed by atoms with Crippen molar-refractivity contribution in [3.8, 4) is 0 Å². The Hall–Kier alpha value is -1.88. The van der Waals surface area contributed by atoms with E-state index in [9.17, 15) is 9.59 Å². The summed E-state index contributed by atoms with van der Waals surface area (Å²) in [4.78, 5) is 26.6. The monoisotopic (exact) mass is 345 g/mol. The summed E-state index contributed by atoms with van der Waals surface area (Å²) in [6, 6.07) is 10.5. The molecule has 0 bridgehead atoms. The topological polar surface area (TPSA) is 61.4 Å². The van der Waals surface area contributed by atoms with E-state index in [1.807, 2.05) is 32.3 Å². The first-order chi connectivity index (χ1) is 11.9. The zero-order valence-corrected chi connectivity index (χ0v) is 15.7. The van der Waals surface area contributed by atoms with Crippen molar-refractivity contribution in [3.05, 3.63) is 35.9 Å². The Morgan fingerprint density at radius 1 is 1.12 bits per heavy atom. The molecule has 1 aliphatic carbocycles. The molecule has 1 saturated carbocycles. The number of benzene rings is 1. The van der Waals surface area contributed by atoms with Crippen molar-refractivity contribution in [1.29, 1.82) is 0 Å². The summed E-state index contributed by atoms with van der Waals surface area (Å²) >= 11 is 0. The van der Waals surface area contributed by atoms with Crippen LogP contribution in [0, 0.1) is 0 Å². The van der Waals surface area contributed by atoms with Gasteiger partial charge in [0.15, 0.2) is 0 Å². The third kappa shape index (κ3) is 5.56. The summed E-state index contributed by atoms with van der Waals surface area (Å²) in [6.07, 6.45) is 5.42. The molecule has 0 radical (unpaired) electrons. The molecule has 138 valence electrons. The van der Waals surface area contributed by atoms with E-state index in [0.717, 1.165) is 38.5 Å². The largest absolute Gasteiger partial charge is 0.352 e. The number of carbonyl (C=O) groups is 2. The number of hydrogen-bond acceptors (Lipinski definition) is 3. The molecule has 1 atom stereocenters. The normalized spacial score (nSPS) is 17.8. The van der Waals surface area contributed by atoms with Crippen molar-refractivity contribution in [3.63, 3.8) is 0 Å². The molecule has 0 aromatic heterocycles. The molecular formula is C20H31N3O2. The van der Waals surface area contributed by atoms with Gasteiger partial charge in [0.1, 0.15) is 5.54 Å². The maximum Gasteiger partial charge on any atom is 0.245 e. The lowest BCUT2D eigenvalue weighted by Gasteiger charge is -2.37. The van der Waals surface area contributed by atoms with Gasteiger partial charge in [-0.05, 0) is 38.9 Å². The van der Waals surface area contributed by atoms with Crippen molar-refractivity contribution in [2.75, 3.05) is 20.6 Å². The van der Waals surface area contributed by atoms with Crippen LogP contribution in [0.4, 0.5) is 0 Å². The summed E-state index contributed by atoms with van der Waals surface area (Å²) in [5.74, 6) is -0.173. The smallest absolute Gasteiger partial charge is 0.245 e. The fraction of sp³-hybridized carbons (Fsp3) is 0.600. The predicted octanol–water partition coefficient (Wildman–Crippen LogP) is 2.11. The maximum absolute atomic E-state index is 12.9. The number of likely N-dealkylation sites (N-methyl/N-ethyl adjacent to an activating group) is 1. The van der Waals surface area contributed by atoms with E-state index >= 15 is 0 Å². The van der Waals surface area contributed by atoms with Gasteiger partial charge in [-0.1, -0.05) is 49.6 Å². The second-order valence-corrected chi connectivity index (χ2v) is 7.34. The van der Waals surface area contributed by atoms with E-state index < -0.39 is 5.54 Å². The summed E-state index contributed by atoms with van der Waals surface area (Å²) in [5, 5.41) is 6.04. The van der Waals surface area contributed by atoms with Gasteiger partial charge < -0.3 is 15.5 Å². The fourth-order valence-corrected chi connectivity index (χ4v) is 3.60. The Morgan fingerprint density at radius 2 is 1.76 bits per heavy atom. The van der Waals surface area contributed by atoms with Crippen LogP contribution in [-0.4, -0.2) is 48.9 Å². The first-order valence-corrected chi connectivity index (χ1v) is 9.20. The third-order valence-electron chi connectivity index (χ3n) is 5.10. The summed E-state index contributed by atoms with van der Waals surface area (Å²) in [7, 11) is 4.06. The Bertz CT molecular complexity index is 566. The molecular weight excluding hydrogens is 314 g/mol. The van der Waals surface area contributed by atoms with Crippen LogP contribution >= 0.6 is 0 Å². The summed E-state index contributed by atoms with van der Waals surface area (Å²) in [5.41, 5.74) is 0.526. The highest BCUT2D eigenvalue weighted by Crippen LogP contribution is 2.28. The number of carbonyl (C=O) groups excluding carboxylic acids is 2. The van der Waals surface area contributed by atoms with Crippen molar-refractivity contribution in [1.82, 2.24) is 15.5 Å². The van der Waals surface area contributed by atoms with Crippen LogP contribution in [0.3, 0.4) is 0 Å². The first-order valence-electron chi connectivity index (χ1n) is 9.20. The van der Waals surface area contributed by atoms with Gasteiger partial charge in [0.25, 0.3) is 0 Å². The standard InChI is InChI=1S/C20H31N3O2/c1-16(24)22-20(12-8-5-9-13-20)19(25)21-15-18(23(2)3)14-17-10-6-4-7-11-17/h4,6-7,10-11,18H,5,8-9,12-15H2,1-3H3,(H,21,25)(H,22,24). The number of hydrogen-bond donors (Lipinski definition) is 2. The lowest BCUT2D eigenvalue weighted by molar-refractivity contribution is -0.134. The van der Waals surface area contributed by atoms with E-state index in [4.69, 9.17) is 0 Å². The van der Waals surface area contributed by atoms with Crippen LogP contribution in [0.1, 0.15) is 44.6 Å². The van der Waals surface area contributed by atoms with Crippen LogP contribution in [0.2, 0.25) is 0 Å². The maximum atomic E-state index is 12.9. The van der Waals surface area contributed by atoms with E-state index in [1.165, 1.54) is 12.5 Å². The van der Waals surface area contributed by atoms with Crippen LogP contribution in [0.25, 0.3) is 0 Å². The highest BCUT2D eigenvalue weighted by molar-refractivity contribution is 5.91. The second kappa shape index (κ2) is 8.99. The van der Waals surface area contributed by atoms with Crippen molar-refractivity contribution in [2.24, 2.45) is 0 Å². The van der Waals surface area contributed by atoms with Gasteiger partial charge in [0, 0.05) is 19.5 Å². The van der Waals surface area contributed by atoms with Crippen LogP contribution in [0.15, 0.2) is 30.3 Å². The quantitative estimate of drug-likeness (QED) is 0.796. The minimum atomic E-state index is -0.728. The van der Waals surface area contributed by atoms with Crippen LogP contribution < -0.4 is 10.6 Å². The Labute approximate surface area is 151 Å². The molecule has 0 saturated heterocycles. The minimum absolute atomic E-state index is 0.0395. The Morgan fingerprint density at radius 3 is 2.32 bits per heavy atom. The zero-order valence-electron chi connectivity index (χ0n) is 15.7. The molecule has 1 fully saturated rings. The summed E-state index contributed by atoms with van der Waals surface area (Å²) < 4.78 is 0. The fourth-order valence-electron chi connectivity index (χ4n) is 3.60. The van der Waals surface area contributed by atoms with E-state index in [1.54, 1.807) is 0 Å². The van der Waals surface area contributed by atoms with Crippen molar-refractivity contribution < 1.29 is 9.59 Å². The molecule has 25 heavy (non-hydrogen) atoms. The lowest BCUT2D eigenvalue weighted by atomic mass is 9.80. The molecule has 5 nitrogen and oxygen atoms in total. The van der Waals surface area contributed by atoms with Gasteiger partial charge in [-0.25, -0.2) is 0 Å². The van der Waals surface area contributed by atoms with Gasteiger partial charge >= 0.3 is 0 Å². The molecule has 0 spiro atoms. The average molecular weight is 345 g/mol. The minimum Gasteiger partial charge on any atom is -0.352 e. The average Bonchev–Trinajstić information content (AvgIpc) is 2.59. The zero-order chi connectivity index (χ0) is 18.3. The molecule has 2 N–H and O–H groups in total. The number of nitrogens with one attached hydrogen (secondary N) is 2. The number of nitrogens with zero attached hydrogens (tertiary/aromatic N) is 1. The van der Waals surface area contributed by atoms with E-state index in [2.05, 4.69) is 27.7 Å². The van der Waals surface area contributed by atoms with Gasteiger partial charge in [0.05, 0.1) is 0 Å². The van der Waals surface area contributed by atoms with E-state index in [0.29, 0.717) is 6.54 Å². The molecule has 2 amide bonds. The molecule has 0 aliphatic heterocycles. The van der Waals surface area contributed by atoms with Crippen LogP contribution in [0.5, 0.6) is 0 Å². The molecule has 1 aliphatic rings. The molecule has 1 aromatic carbocycles. The highest BCUT2D eigenvalue weighted by Gasteiger charge is 2.40. The van der Waals surface area contributed by atoms with Gasteiger partial charge in [0.2, 0.25) is 11.8 Å².